The number of piperazine rings is 1. The number of nitrogens with one attached hydrogen (secondary N) is 1. The van der Waals surface area contributed by atoms with Gasteiger partial charge < -0.3 is 24.8 Å². The van der Waals surface area contributed by atoms with Crippen molar-refractivity contribution < 1.29 is 5.11 Å². The standard InChI is InChI=1S/C17H30N6O2/c1-5-17(3,25)13-20-16(18-6-2)23-11-9-22(10-12-23)14-15(24)21(4)8-7-19-14/h7-8,25H,5-6,9-13H2,1-4H3,(H,18,20). The molecule has 140 valence electrons. The summed E-state index contributed by atoms with van der Waals surface area (Å²) in [6.07, 6.45) is 3.98. The van der Waals surface area contributed by atoms with E-state index in [1.165, 1.54) is 0 Å². The van der Waals surface area contributed by atoms with Crippen LogP contribution >= 0.6 is 0 Å². The van der Waals surface area contributed by atoms with Crippen LogP contribution < -0.4 is 15.8 Å². The van der Waals surface area contributed by atoms with Crippen LogP contribution in [-0.2, 0) is 7.05 Å². The summed E-state index contributed by atoms with van der Waals surface area (Å²) in [5.41, 5.74) is -0.863. The fraction of sp³-hybridized carbons (Fsp3) is 0.706. The third-order valence-electron chi connectivity index (χ3n) is 4.54. The van der Waals surface area contributed by atoms with Gasteiger partial charge in [0.15, 0.2) is 11.8 Å². The Morgan fingerprint density at radius 1 is 1.36 bits per heavy atom. The minimum absolute atomic E-state index is 0.0736. The fourth-order valence-corrected chi connectivity index (χ4v) is 2.61. The van der Waals surface area contributed by atoms with Crippen LogP contribution in [0.2, 0.25) is 0 Å². The quantitative estimate of drug-likeness (QED) is 0.576. The Bertz CT molecular complexity index is 647. The summed E-state index contributed by atoms with van der Waals surface area (Å²) in [5.74, 6) is 1.31. The van der Waals surface area contributed by atoms with Crippen LogP contribution in [0.5, 0.6) is 0 Å². The summed E-state index contributed by atoms with van der Waals surface area (Å²) in [7, 11) is 1.74. The Labute approximate surface area is 149 Å². The average molecular weight is 350 g/mol. The van der Waals surface area contributed by atoms with Crippen LogP contribution in [0.1, 0.15) is 27.2 Å². The molecule has 25 heavy (non-hydrogen) atoms. The monoisotopic (exact) mass is 350 g/mol. The summed E-state index contributed by atoms with van der Waals surface area (Å²) < 4.78 is 1.55. The normalized spacial score (nSPS) is 18.2. The fourth-order valence-electron chi connectivity index (χ4n) is 2.61. The van der Waals surface area contributed by atoms with Gasteiger partial charge in [-0.1, -0.05) is 6.92 Å². The van der Waals surface area contributed by atoms with Crippen LogP contribution in [0, 0.1) is 0 Å². The van der Waals surface area contributed by atoms with Crippen LogP contribution in [0.4, 0.5) is 5.82 Å². The van der Waals surface area contributed by atoms with E-state index in [-0.39, 0.29) is 5.56 Å². The van der Waals surface area contributed by atoms with Crippen molar-refractivity contribution >= 4 is 11.8 Å². The molecule has 2 rings (SSSR count). The molecule has 1 aromatic heterocycles. The SMILES string of the molecule is CCNC(=NCC(C)(O)CC)N1CCN(c2nccn(C)c2=O)CC1. The molecule has 0 radical (unpaired) electrons. The lowest BCUT2D eigenvalue weighted by molar-refractivity contribution is 0.0653. The van der Waals surface area contributed by atoms with Crippen molar-refractivity contribution in [3.8, 4) is 0 Å². The number of aliphatic hydroxyl groups is 1. The lowest BCUT2D eigenvalue weighted by atomic mass is 10.1. The van der Waals surface area contributed by atoms with E-state index in [2.05, 4.69) is 20.2 Å². The topological polar surface area (TPSA) is 86.0 Å². The average Bonchev–Trinajstić information content (AvgIpc) is 2.61. The van der Waals surface area contributed by atoms with Crippen molar-refractivity contribution in [3.05, 3.63) is 22.7 Å². The molecule has 8 heteroatoms. The molecule has 0 amide bonds. The van der Waals surface area contributed by atoms with Crippen molar-refractivity contribution in [2.75, 3.05) is 44.2 Å². The number of rotatable bonds is 5. The number of aryl methyl sites for hydroxylation is 1. The number of hydrogen-bond donors (Lipinski definition) is 2. The number of aliphatic imine (C=N–C) groups is 1. The molecule has 0 aromatic carbocycles. The molecule has 8 nitrogen and oxygen atoms in total. The lowest BCUT2D eigenvalue weighted by Crippen LogP contribution is -2.54. The molecule has 1 aliphatic heterocycles. The molecule has 2 N–H and O–H groups in total. The van der Waals surface area contributed by atoms with Gasteiger partial charge in [0.2, 0.25) is 0 Å². The van der Waals surface area contributed by atoms with Gasteiger partial charge in [0, 0.05) is 52.2 Å². The molecule has 1 aliphatic rings. The Hall–Kier alpha value is -2.09. The Balaban J connectivity index is 2.04. The van der Waals surface area contributed by atoms with E-state index < -0.39 is 5.60 Å². The first-order valence-electron chi connectivity index (χ1n) is 8.90. The number of aromatic nitrogens is 2. The summed E-state index contributed by atoms with van der Waals surface area (Å²) in [4.78, 5) is 25.2. The smallest absolute Gasteiger partial charge is 0.293 e. The molecule has 0 saturated carbocycles. The minimum Gasteiger partial charge on any atom is -0.388 e. The maximum Gasteiger partial charge on any atom is 0.293 e. The number of hydrogen-bond acceptors (Lipinski definition) is 5. The molecule has 0 spiro atoms. The highest BCUT2D eigenvalue weighted by Gasteiger charge is 2.23. The molecule has 1 aromatic rings. The molecule has 0 bridgehead atoms. The molecular formula is C17H30N6O2. The highest BCUT2D eigenvalue weighted by atomic mass is 16.3. The van der Waals surface area contributed by atoms with Gasteiger partial charge in [-0.05, 0) is 20.3 Å². The minimum atomic E-state index is -0.789. The number of nitrogens with zero attached hydrogens (tertiary/aromatic N) is 5. The molecule has 1 atom stereocenters. The van der Waals surface area contributed by atoms with E-state index in [4.69, 9.17) is 0 Å². The number of anilines is 1. The van der Waals surface area contributed by atoms with Crippen molar-refractivity contribution in [3.63, 3.8) is 0 Å². The Kier molecular flexibility index (Phi) is 6.41. The van der Waals surface area contributed by atoms with Crippen LogP contribution in [-0.4, -0.2) is 70.4 Å². The van der Waals surface area contributed by atoms with E-state index in [1.807, 2.05) is 18.7 Å². The molecule has 1 unspecified atom stereocenters. The largest absolute Gasteiger partial charge is 0.388 e. The molecule has 1 fully saturated rings. The van der Waals surface area contributed by atoms with Gasteiger partial charge >= 0.3 is 0 Å². The van der Waals surface area contributed by atoms with E-state index in [0.717, 1.165) is 25.6 Å². The maximum atomic E-state index is 12.2. The van der Waals surface area contributed by atoms with Gasteiger partial charge in [0.25, 0.3) is 5.56 Å². The highest BCUT2D eigenvalue weighted by Crippen LogP contribution is 2.11. The van der Waals surface area contributed by atoms with Crippen LogP contribution in [0.25, 0.3) is 0 Å². The summed E-state index contributed by atoms with van der Waals surface area (Å²) in [5, 5.41) is 13.5. The van der Waals surface area contributed by atoms with Crippen molar-refractivity contribution in [2.45, 2.75) is 32.8 Å². The molecule has 0 aliphatic carbocycles. The second-order valence-corrected chi connectivity index (χ2v) is 6.66. The van der Waals surface area contributed by atoms with E-state index in [1.54, 1.807) is 30.9 Å². The molecular weight excluding hydrogens is 320 g/mol. The highest BCUT2D eigenvalue weighted by molar-refractivity contribution is 5.80. The van der Waals surface area contributed by atoms with Gasteiger partial charge in [-0.15, -0.1) is 0 Å². The molecule has 2 heterocycles. The Morgan fingerprint density at radius 3 is 2.64 bits per heavy atom. The predicted octanol–water partition coefficient (Wildman–Crippen LogP) is 0.0288. The first-order chi connectivity index (χ1) is 11.9. The second kappa shape index (κ2) is 8.33. The van der Waals surface area contributed by atoms with E-state index in [9.17, 15) is 9.90 Å². The lowest BCUT2D eigenvalue weighted by Gasteiger charge is -2.37. The van der Waals surface area contributed by atoms with E-state index in [0.29, 0.717) is 31.9 Å². The van der Waals surface area contributed by atoms with Crippen molar-refractivity contribution in [1.82, 2.24) is 19.8 Å². The van der Waals surface area contributed by atoms with E-state index >= 15 is 0 Å². The van der Waals surface area contributed by atoms with Gasteiger partial charge in [-0.3, -0.25) is 9.79 Å². The van der Waals surface area contributed by atoms with Crippen LogP contribution in [0.15, 0.2) is 22.2 Å². The van der Waals surface area contributed by atoms with Gasteiger partial charge in [0.1, 0.15) is 0 Å². The third kappa shape index (κ3) is 4.94. The summed E-state index contributed by atoms with van der Waals surface area (Å²) in [6, 6.07) is 0. The summed E-state index contributed by atoms with van der Waals surface area (Å²) >= 11 is 0. The van der Waals surface area contributed by atoms with Gasteiger partial charge in [-0.2, -0.15) is 0 Å². The maximum absolute atomic E-state index is 12.2. The van der Waals surface area contributed by atoms with Crippen molar-refractivity contribution in [2.24, 2.45) is 12.0 Å². The zero-order chi connectivity index (χ0) is 18.4. The second-order valence-electron chi connectivity index (χ2n) is 6.66. The zero-order valence-corrected chi connectivity index (χ0v) is 15.7. The predicted molar refractivity (Wildman–Crippen MR) is 100 cm³/mol. The zero-order valence-electron chi connectivity index (χ0n) is 15.7. The Morgan fingerprint density at radius 2 is 2.04 bits per heavy atom. The first-order valence-corrected chi connectivity index (χ1v) is 8.90. The third-order valence-corrected chi connectivity index (χ3v) is 4.54. The van der Waals surface area contributed by atoms with Crippen molar-refractivity contribution in [1.29, 1.82) is 0 Å². The van der Waals surface area contributed by atoms with Gasteiger partial charge in [-0.25, -0.2) is 4.98 Å². The number of guanidine groups is 1. The first kappa shape index (κ1) is 19.2. The molecule has 1 saturated heterocycles. The van der Waals surface area contributed by atoms with Crippen LogP contribution in [0.3, 0.4) is 0 Å². The summed E-state index contributed by atoms with van der Waals surface area (Å²) in [6.45, 7) is 9.84. The van der Waals surface area contributed by atoms with Gasteiger partial charge in [0.05, 0.1) is 12.1 Å².